The Balaban J connectivity index is 2.66. The molecule has 0 fully saturated rings. The number of allylic oxidation sites excluding steroid dienone is 2. The highest BCUT2D eigenvalue weighted by molar-refractivity contribution is 6.31. The maximum Gasteiger partial charge on any atom is 0.336 e. The summed E-state index contributed by atoms with van der Waals surface area (Å²) in [4.78, 5) is 29.1. The summed E-state index contributed by atoms with van der Waals surface area (Å²) in [6.07, 6.45) is 3.05. The van der Waals surface area contributed by atoms with E-state index in [1.54, 1.807) is 40.0 Å². The molecule has 1 aromatic heterocycles. The quantitative estimate of drug-likeness (QED) is 0.809. The number of carbonyl (C=O) groups is 2. The Labute approximate surface area is 151 Å². The van der Waals surface area contributed by atoms with Gasteiger partial charge in [-0.2, -0.15) is 0 Å². The van der Waals surface area contributed by atoms with Gasteiger partial charge in [-0.05, 0) is 39.3 Å². The summed E-state index contributed by atoms with van der Waals surface area (Å²) in [5, 5.41) is 3.44. The lowest BCUT2D eigenvalue weighted by atomic mass is 9.80. The van der Waals surface area contributed by atoms with E-state index in [1.165, 1.54) is 6.20 Å². The second-order valence-corrected chi connectivity index (χ2v) is 5.88. The smallest absolute Gasteiger partial charge is 0.336 e. The number of hydrogen-bond acceptors (Lipinski definition) is 6. The van der Waals surface area contributed by atoms with Gasteiger partial charge in [-0.25, -0.2) is 9.59 Å². The Hall–Kier alpha value is -2.34. The molecular formula is C18H21ClN2O4. The number of dihydropyridines is 1. The van der Waals surface area contributed by atoms with Gasteiger partial charge < -0.3 is 14.8 Å². The van der Waals surface area contributed by atoms with E-state index in [9.17, 15) is 9.59 Å². The normalized spacial score (nSPS) is 15.1. The van der Waals surface area contributed by atoms with Crippen LogP contribution in [0.4, 0.5) is 0 Å². The van der Waals surface area contributed by atoms with E-state index in [0.717, 1.165) is 0 Å². The maximum absolute atomic E-state index is 12.6. The van der Waals surface area contributed by atoms with Gasteiger partial charge in [-0.15, -0.1) is 0 Å². The van der Waals surface area contributed by atoms with E-state index in [-0.39, 0.29) is 13.2 Å². The second-order valence-electron chi connectivity index (χ2n) is 5.47. The molecule has 2 rings (SSSR count). The van der Waals surface area contributed by atoms with Gasteiger partial charge in [0.25, 0.3) is 0 Å². The molecule has 0 aliphatic carbocycles. The first-order chi connectivity index (χ1) is 11.9. The van der Waals surface area contributed by atoms with Crippen molar-refractivity contribution in [2.24, 2.45) is 0 Å². The van der Waals surface area contributed by atoms with E-state index < -0.39 is 17.9 Å². The minimum atomic E-state index is -0.685. The number of halogens is 1. The van der Waals surface area contributed by atoms with Crippen LogP contribution in [0.15, 0.2) is 41.0 Å². The van der Waals surface area contributed by atoms with Gasteiger partial charge in [-0.3, -0.25) is 4.98 Å². The Kier molecular flexibility index (Phi) is 6.20. The molecule has 2 heterocycles. The average molecular weight is 365 g/mol. The summed E-state index contributed by atoms with van der Waals surface area (Å²) in [6, 6.07) is 1.69. The van der Waals surface area contributed by atoms with Crippen LogP contribution in [0.2, 0.25) is 5.02 Å². The molecule has 0 amide bonds. The number of carbonyl (C=O) groups excluding carboxylic acids is 2. The minimum absolute atomic E-state index is 0.226. The van der Waals surface area contributed by atoms with Crippen LogP contribution < -0.4 is 5.32 Å². The van der Waals surface area contributed by atoms with Gasteiger partial charge in [-0.1, -0.05) is 11.6 Å². The highest BCUT2D eigenvalue weighted by Crippen LogP contribution is 2.41. The summed E-state index contributed by atoms with van der Waals surface area (Å²) in [5.41, 5.74) is 2.50. The third-order valence-electron chi connectivity index (χ3n) is 3.87. The molecule has 0 aromatic carbocycles. The van der Waals surface area contributed by atoms with E-state index in [4.69, 9.17) is 21.1 Å². The van der Waals surface area contributed by atoms with Crippen molar-refractivity contribution in [3.63, 3.8) is 0 Å². The van der Waals surface area contributed by atoms with Crippen LogP contribution in [-0.4, -0.2) is 30.1 Å². The summed E-state index contributed by atoms with van der Waals surface area (Å²) >= 11 is 6.31. The van der Waals surface area contributed by atoms with Gasteiger partial charge >= 0.3 is 11.9 Å². The minimum Gasteiger partial charge on any atom is -0.463 e. The predicted molar refractivity (Wildman–Crippen MR) is 93.8 cm³/mol. The van der Waals surface area contributed by atoms with Gasteiger partial charge in [0.1, 0.15) is 0 Å². The van der Waals surface area contributed by atoms with Crippen molar-refractivity contribution < 1.29 is 19.1 Å². The fourth-order valence-corrected chi connectivity index (χ4v) is 3.11. The van der Waals surface area contributed by atoms with Crippen molar-refractivity contribution in [2.75, 3.05) is 13.2 Å². The third kappa shape index (κ3) is 3.85. The van der Waals surface area contributed by atoms with Gasteiger partial charge in [0.15, 0.2) is 0 Å². The molecule has 1 N–H and O–H groups in total. The molecule has 0 bridgehead atoms. The Bertz CT molecular complexity index is 715. The summed E-state index contributed by atoms with van der Waals surface area (Å²) < 4.78 is 10.4. The van der Waals surface area contributed by atoms with Crippen LogP contribution in [-0.2, 0) is 19.1 Å². The molecule has 134 valence electrons. The molecule has 1 aromatic rings. The number of nitrogens with one attached hydrogen (secondary N) is 1. The molecule has 0 radical (unpaired) electrons. The lowest BCUT2D eigenvalue weighted by molar-refractivity contribution is -0.139. The molecule has 0 atom stereocenters. The maximum atomic E-state index is 12.6. The zero-order valence-electron chi connectivity index (χ0n) is 14.7. The summed E-state index contributed by atoms with van der Waals surface area (Å²) in [5.74, 6) is -1.69. The monoisotopic (exact) mass is 364 g/mol. The topological polar surface area (TPSA) is 77.5 Å². The van der Waals surface area contributed by atoms with Crippen molar-refractivity contribution in [2.45, 2.75) is 33.6 Å². The third-order valence-corrected chi connectivity index (χ3v) is 4.18. The lowest BCUT2D eigenvalue weighted by Gasteiger charge is -2.30. The molecule has 1 aliphatic heterocycles. The van der Waals surface area contributed by atoms with Crippen LogP contribution in [0, 0.1) is 0 Å². The Morgan fingerprint density at radius 2 is 1.64 bits per heavy atom. The van der Waals surface area contributed by atoms with E-state index in [0.29, 0.717) is 33.1 Å². The second kappa shape index (κ2) is 8.16. The number of rotatable bonds is 5. The first-order valence-electron chi connectivity index (χ1n) is 8.04. The van der Waals surface area contributed by atoms with Crippen molar-refractivity contribution in [3.8, 4) is 0 Å². The van der Waals surface area contributed by atoms with Crippen molar-refractivity contribution in [3.05, 3.63) is 51.6 Å². The SMILES string of the molecule is CCOC(=O)C1=C(C)NC(C)=C(C(=O)OCC)C1c1ccncc1Cl. The highest BCUT2D eigenvalue weighted by Gasteiger charge is 2.38. The standard InChI is InChI=1S/C18H21ClN2O4/c1-5-24-17(22)14-10(3)21-11(4)15(18(23)25-6-2)16(14)12-7-8-20-9-13(12)19/h7-9,16,21H,5-6H2,1-4H3. The number of aromatic nitrogens is 1. The fourth-order valence-electron chi connectivity index (χ4n) is 2.88. The fraction of sp³-hybridized carbons (Fsp3) is 0.389. The molecule has 1 aliphatic rings. The number of hydrogen-bond donors (Lipinski definition) is 1. The van der Waals surface area contributed by atoms with Crippen LogP contribution >= 0.6 is 11.6 Å². The first kappa shape index (κ1) is 19.0. The largest absolute Gasteiger partial charge is 0.463 e. The highest BCUT2D eigenvalue weighted by atomic mass is 35.5. The Morgan fingerprint density at radius 3 is 2.08 bits per heavy atom. The van der Waals surface area contributed by atoms with Gasteiger partial charge in [0.2, 0.25) is 0 Å². The number of nitrogens with zero attached hydrogens (tertiary/aromatic N) is 1. The van der Waals surface area contributed by atoms with Crippen LogP contribution in [0.25, 0.3) is 0 Å². The zero-order valence-corrected chi connectivity index (χ0v) is 15.4. The lowest BCUT2D eigenvalue weighted by Crippen LogP contribution is -2.32. The molecule has 0 unspecified atom stereocenters. The van der Waals surface area contributed by atoms with E-state index in [1.807, 2.05) is 0 Å². The molecule has 7 heteroatoms. The van der Waals surface area contributed by atoms with Crippen LogP contribution in [0.3, 0.4) is 0 Å². The van der Waals surface area contributed by atoms with Crippen LogP contribution in [0.5, 0.6) is 0 Å². The molecular weight excluding hydrogens is 344 g/mol. The van der Waals surface area contributed by atoms with Crippen LogP contribution in [0.1, 0.15) is 39.2 Å². The predicted octanol–water partition coefficient (Wildman–Crippen LogP) is 3.10. The molecule has 6 nitrogen and oxygen atoms in total. The molecule has 25 heavy (non-hydrogen) atoms. The first-order valence-corrected chi connectivity index (χ1v) is 8.42. The molecule has 0 saturated carbocycles. The van der Waals surface area contributed by atoms with Crippen molar-refractivity contribution >= 4 is 23.5 Å². The molecule has 0 spiro atoms. The van der Waals surface area contributed by atoms with Crippen molar-refractivity contribution in [1.82, 2.24) is 10.3 Å². The number of esters is 2. The van der Waals surface area contributed by atoms with E-state index >= 15 is 0 Å². The summed E-state index contributed by atoms with van der Waals surface area (Å²) in [7, 11) is 0. The summed E-state index contributed by atoms with van der Waals surface area (Å²) in [6.45, 7) is 7.44. The number of ether oxygens (including phenoxy) is 2. The Morgan fingerprint density at radius 1 is 1.12 bits per heavy atom. The van der Waals surface area contributed by atoms with Gasteiger partial charge in [0, 0.05) is 23.8 Å². The van der Waals surface area contributed by atoms with Gasteiger partial charge in [0.05, 0.1) is 35.3 Å². The van der Waals surface area contributed by atoms with Crippen molar-refractivity contribution in [1.29, 1.82) is 0 Å². The molecule has 0 saturated heterocycles. The average Bonchev–Trinajstić information content (AvgIpc) is 2.54. The number of pyridine rings is 1. The van der Waals surface area contributed by atoms with E-state index in [2.05, 4.69) is 10.3 Å². The zero-order chi connectivity index (χ0) is 18.6.